The van der Waals surface area contributed by atoms with Gasteiger partial charge in [0.05, 0.1) is 23.2 Å². The fourth-order valence-electron chi connectivity index (χ4n) is 3.21. The van der Waals surface area contributed by atoms with Crippen molar-refractivity contribution in [3.63, 3.8) is 0 Å². The van der Waals surface area contributed by atoms with E-state index in [1.165, 1.54) is 18.4 Å². The molecule has 3 N–H and O–H groups in total. The molecule has 1 heterocycles. The minimum atomic E-state index is 0.101. The molecule has 1 aromatic carbocycles. The van der Waals surface area contributed by atoms with E-state index >= 15 is 0 Å². The molecule has 1 aliphatic carbocycles. The highest BCUT2D eigenvalue weighted by molar-refractivity contribution is 5.75. The van der Waals surface area contributed by atoms with Crippen LogP contribution >= 0.6 is 0 Å². The number of rotatable bonds is 7. The number of benzene rings is 1. The predicted octanol–water partition coefficient (Wildman–Crippen LogP) is 1.86. The normalized spacial score (nSPS) is 18.0. The molecule has 0 aliphatic heterocycles. The molecule has 1 fully saturated rings. The first kappa shape index (κ1) is 14.5. The van der Waals surface area contributed by atoms with Crippen LogP contribution in [0.15, 0.2) is 24.3 Å². The number of ether oxygens (including phenoxy) is 1. The molecule has 5 nitrogen and oxygen atoms in total. The molecular weight excluding hydrogens is 264 g/mol. The van der Waals surface area contributed by atoms with Crippen molar-refractivity contribution in [1.82, 2.24) is 15.0 Å². The third-order valence-electron chi connectivity index (χ3n) is 4.42. The maximum absolute atomic E-state index is 5.78. The molecule has 2 unspecified atom stereocenters. The van der Waals surface area contributed by atoms with E-state index in [1.54, 1.807) is 7.11 Å². The van der Waals surface area contributed by atoms with E-state index in [0.29, 0.717) is 5.92 Å². The second-order valence-electron chi connectivity index (χ2n) is 5.78. The lowest BCUT2D eigenvalue weighted by atomic mass is 10.0. The summed E-state index contributed by atoms with van der Waals surface area (Å²) >= 11 is 0. The van der Waals surface area contributed by atoms with Crippen LogP contribution in [0.3, 0.4) is 0 Å². The molecule has 5 heteroatoms. The molecular formula is C16H24N4O. The molecule has 1 aliphatic rings. The lowest BCUT2D eigenvalue weighted by Crippen LogP contribution is -2.47. The average Bonchev–Trinajstić information content (AvgIpc) is 3.27. The van der Waals surface area contributed by atoms with Gasteiger partial charge in [-0.3, -0.25) is 11.3 Å². The molecule has 1 aromatic heterocycles. The monoisotopic (exact) mass is 288 g/mol. The summed E-state index contributed by atoms with van der Waals surface area (Å²) in [6.07, 6.45) is 3.43. The third kappa shape index (κ3) is 2.81. The largest absolute Gasteiger partial charge is 0.379 e. The summed E-state index contributed by atoms with van der Waals surface area (Å²) in [5, 5.41) is 0. The number of imidazole rings is 1. The minimum Gasteiger partial charge on any atom is -0.379 e. The van der Waals surface area contributed by atoms with Crippen molar-refractivity contribution in [1.29, 1.82) is 0 Å². The van der Waals surface area contributed by atoms with Crippen LogP contribution in [0.4, 0.5) is 0 Å². The Morgan fingerprint density at radius 3 is 2.81 bits per heavy atom. The van der Waals surface area contributed by atoms with E-state index in [9.17, 15) is 0 Å². The molecule has 0 saturated heterocycles. The number of hydrazine groups is 1. The Morgan fingerprint density at radius 2 is 2.19 bits per heavy atom. The summed E-state index contributed by atoms with van der Waals surface area (Å²) in [4.78, 5) is 4.78. The first-order valence-corrected chi connectivity index (χ1v) is 7.71. The van der Waals surface area contributed by atoms with E-state index in [0.717, 1.165) is 24.3 Å². The quantitative estimate of drug-likeness (QED) is 0.603. The van der Waals surface area contributed by atoms with Crippen molar-refractivity contribution in [2.45, 2.75) is 44.9 Å². The maximum atomic E-state index is 5.78. The zero-order chi connectivity index (χ0) is 14.8. The van der Waals surface area contributed by atoms with Gasteiger partial charge in [0.1, 0.15) is 5.82 Å². The molecule has 21 heavy (non-hydrogen) atoms. The van der Waals surface area contributed by atoms with Crippen molar-refractivity contribution in [2.24, 2.45) is 11.8 Å². The Hall–Kier alpha value is -1.43. The van der Waals surface area contributed by atoms with Crippen molar-refractivity contribution in [2.75, 3.05) is 7.11 Å². The zero-order valence-electron chi connectivity index (χ0n) is 12.7. The van der Waals surface area contributed by atoms with Gasteiger partial charge in [0, 0.05) is 20.1 Å². The van der Waals surface area contributed by atoms with Gasteiger partial charge in [0.15, 0.2) is 0 Å². The smallest absolute Gasteiger partial charge is 0.111 e. The standard InChI is InChI=1S/C16H24N4O/c1-3-20-14-7-5-4-6-12(14)18-15(20)10-13(19-17)16(21-2)11-8-9-11/h4-7,11,13,16,19H,3,8-10,17H2,1-2H3. The number of methoxy groups -OCH3 is 1. The van der Waals surface area contributed by atoms with Gasteiger partial charge >= 0.3 is 0 Å². The molecule has 0 radical (unpaired) electrons. The molecule has 0 amide bonds. The molecule has 114 valence electrons. The lowest BCUT2D eigenvalue weighted by Gasteiger charge is -2.25. The van der Waals surface area contributed by atoms with Crippen molar-refractivity contribution >= 4 is 11.0 Å². The Bertz CT molecular complexity index is 605. The molecule has 2 aromatic rings. The maximum Gasteiger partial charge on any atom is 0.111 e. The topological polar surface area (TPSA) is 65.1 Å². The Kier molecular flexibility index (Phi) is 4.24. The van der Waals surface area contributed by atoms with Gasteiger partial charge in [-0.05, 0) is 37.8 Å². The van der Waals surface area contributed by atoms with Crippen LogP contribution in [-0.4, -0.2) is 28.8 Å². The molecule has 3 rings (SSSR count). The van der Waals surface area contributed by atoms with Crippen LogP contribution in [0.1, 0.15) is 25.6 Å². The first-order chi connectivity index (χ1) is 10.3. The summed E-state index contributed by atoms with van der Waals surface area (Å²) in [5.74, 6) is 7.49. The predicted molar refractivity (Wildman–Crippen MR) is 83.7 cm³/mol. The molecule has 2 atom stereocenters. The van der Waals surface area contributed by atoms with E-state index in [4.69, 9.17) is 15.6 Å². The van der Waals surface area contributed by atoms with Gasteiger partial charge in [-0.15, -0.1) is 0 Å². The van der Waals surface area contributed by atoms with Crippen LogP contribution < -0.4 is 11.3 Å². The molecule has 1 saturated carbocycles. The van der Waals surface area contributed by atoms with Crippen molar-refractivity contribution in [3.05, 3.63) is 30.1 Å². The minimum absolute atomic E-state index is 0.101. The number of fused-ring (bicyclic) bond motifs is 1. The van der Waals surface area contributed by atoms with Gasteiger partial charge < -0.3 is 9.30 Å². The molecule has 0 spiro atoms. The fraction of sp³-hybridized carbons (Fsp3) is 0.562. The van der Waals surface area contributed by atoms with Gasteiger partial charge in [0.2, 0.25) is 0 Å². The highest BCUT2D eigenvalue weighted by atomic mass is 16.5. The lowest BCUT2D eigenvalue weighted by molar-refractivity contribution is 0.0503. The van der Waals surface area contributed by atoms with Gasteiger partial charge in [-0.25, -0.2) is 4.98 Å². The number of para-hydroxylation sites is 2. The third-order valence-corrected chi connectivity index (χ3v) is 4.42. The van der Waals surface area contributed by atoms with Gasteiger partial charge in [-0.2, -0.15) is 0 Å². The van der Waals surface area contributed by atoms with Crippen molar-refractivity contribution in [3.8, 4) is 0 Å². The van der Waals surface area contributed by atoms with Crippen LogP contribution in [0.2, 0.25) is 0 Å². The number of nitrogens with one attached hydrogen (secondary N) is 1. The van der Waals surface area contributed by atoms with Crippen LogP contribution in [0.5, 0.6) is 0 Å². The fourth-order valence-corrected chi connectivity index (χ4v) is 3.21. The van der Waals surface area contributed by atoms with Crippen LogP contribution in [0.25, 0.3) is 11.0 Å². The SMILES string of the molecule is CCn1c(CC(NN)C(OC)C2CC2)nc2ccccc21. The van der Waals surface area contributed by atoms with Crippen LogP contribution in [0, 0.1) is 5.92 Å². The zero-order valence-corrected chi connectivity index (χ0v) is 12.7. The Morgan fingerprint density at radius 1 is 1.43 bits per heavy atom. The van der Waals surface area contributed by atoms with E-state index in [2.05, 4.69) is 35.1 Å². The summed E-state index contributed by atoms with van der Waals surface area (Å²) in [6, 6.07) is 8.37. The Balaban J connectivity index is 1.88. The number of hydrogen-bond donors (Lipinski definition) is 2. The van der Waals surface area contributed by atoms with Crippen LogP contribution in [-0.2, 0) is 17.7 Å². The number of hydrogen-bond acceptors (Lipinski definition) is 4. The van der Waals surface area contributed by atoms with Gasteiger partial charge in [0.25, 0.3) is 0 Å². The van der Waals surface area contributed by atoms with E-state index in [1.807, 2.05) is 6.07 Å². The summed E-state index contributed by atoms with van der Waals surface area (Å²) in [6.45, 7) is 3.06. The Labute approximate surface area is 125 Å². The summed E-state index contributed by atoms with van der Waals surface area (Å²) in [7, 11) is 1.77. The molecule has 0 bridgehead atoms. The summed E-state index contributed by atoms with van der Waals surface area (Å²) in [5.41, 5.74) is 5.17. The second kappa shape index (κ2) is 6.13. The second-order valence-corrected chi connectivity index (χ2v) is 5.78. The first-order valence-electron chi connectivity index (χ1n) is 7.71. The number of aromatic nitrogens is 2. The number of aryl methyl sites for hydroxylation is 1. The average molecular weight is 288 g/mol. The van der Waals surface area contributed by atoms with Gasteiger partial charge in [-0.1, -0.05) is 12.1 Å². The summed E-state index contributed by atoms with van der Waals surface area (Å²) < 4.78 is 7.93. The van der Waals surface area contributed by atoms with E-state index in [-0.39, 0.29) is 12.1 Å². The number of nitrogens with zero attached hydrogens (tertiary/aromatic N) is 2. The highest BCUT2D eigenvalue weighted by Gasteiger charge is 2.37. The number of nitrogens with two attached hydrogens (primary N) is 1. The van der Waals surface area contributed by atoms with E-state index < -0.39 is 0 Å². The van der Waals surface area contributed by atoms with Crippen molar-refractivity contribution < 1.29 is 4.74 Å². The highest BCUT2D eigenvalue weighted by Crippen LogP contribution is 2.36.